The zero-order chi connectivity index (χ0) is 14.8. The average Bonchev–Trinajstić information content (AvgIpc) is 3.04. The van der Waals surface area contributed by atoms with E-state index in [0.29, 0.717) is 10.6 Å². The molecule has 21 heavy (non-hydrogen) atoms. The number of anilines is 1. The summed E-state index contributed by atoms with van der Waals surface area (Å²) in [4.78, 5) is 24.8. The van der Waals surface area contributed by atoms with Crippen LogP contribution in [0.15, 0.2) is 18.5 Å². The Hall–Kier alpha value is -2.15. The number of aryl methyl sites for hydroxylation is 2. The van der Waals surface area contributed by atoms with Crippen molar-refractivity contribution >= 4 is 28.9 Å². The maximum atomic E-state index is 12.2. The number of fused-ring (bicyclic) bond motifs is 1. The number of hydrogen-bond acceptors (Lipinski definition) is 4. The minimum absolute atomic E-state index is 0.163. The summed E-state index contributed by atoms with van der Waals surface area (Å²) in [5, 5.41) is 15.3. The first kappa shape index (κ1) is 13.8. The second-order valence-corrected chi connectivity index (χ2v) is 6.18. The third kappa shape index (κ3) is 3.13. The fourth-order valence-electron chi connectivity index (χ4n) is 2.45. The Balaban J connectivity index is 1.69. The van der Waals surface area contributed by atoms with E-state index in [2.05, 4.69) is 10.4 Å². The first-order valence-electron chi connectivity index (χ1n) is 6.79. The number of nitrogens with zero attached hydrogens (tertiary/aromatic N) is 2. The van der Waals surface area contributed by atoms with Crippen LogP contribution in [0, 0.1) is 0 Å². The molecule has 6 nitrogen and oxygen atoms in total. The Morgan fingerprint density at radius 3 is 2.95 bits per heavy atom. The summed E-state index contributed by atoms with van der Waals surface area (Å²) in [7, 11) is 0. The highest BCUT2D eigenvalue weighted by Gasteiger charge is 2.17. The third-order valence-corrected chi connectivity index (χ3v) is 4.64. The minimum atomic E-state index is -0.970. The van der Waals surface area contributed by atoms with Gasteiger partial charge in [0, 0.05) is 11.1 Å². The van der Waals surface area contributed by atoms with Crippen molar-refractivity contribution in [3.05, 3.63) is 33.8 Å². The molecule has 0 saturated carbocycles. The number of carbonyl (C=O) groups excluding carboxylic acids is 1. The Labute approximate surface area is 125 Å². The van der Waals surface area contributed by atoms with Crippen molar-refractivity contribution in [3.8, 4) is 0 Å². The monoisotopic (exact) mass is 305 g/mol. The summed E-state index contributed by atoms with van der Waals surface area (Å²) in [5.74, 6) is -1.13. The zero-order valence-electron chi connectivity index (χ0n) is 11.3. The molecule has 7 heteroatoms. The molecule has 2 aromatic heterocycles. The molecule has 2 aromatic rings. The number of carboxylic acid groups (broad SMARTS) is 1. The van der Waals surface area contributed by atoms with E-state index in [0.717, 1.165) is 12.8 Å². The van der Waals surface area contributed by atoms with Gasteiger partial charge in [0.2, 0.25) is 0 Å². The number of amides is 1. The van der Waals surface area contributed by atoms with Gasteiger partial charge in [-0.3, -0.25) is 14.3 Å². The summed E-state index contributed by atoms with van der Waals surface area (Å²) >= 11 is 1.55. The van der Waals surface area contributed by atoms with Crippen LogP contribution in [0.1, 0.15) is 33.0 Å². The van der Waals surface area contributed by atoms with E-state index in [4.69, 9.17) is 5.11 Å². The van der Waals surface area contributed by atoms with Gasteiger partial charge in [-0.2, -0.15) is 5.10 Å². The topological polar surface area (TPSA) is 84.2 Å². The van der Waals surface area contributed by atoms with Crippen LogP contribution >= 0.6 is 11.3 Å². The molecule has 0 aliphatic heterocycles. The van der Waals surface area contributed by atoms with Crippen LogP contribution in [-0.2, 0) is 24.2 Å². The van der Waals surface area contributed by atoms with Crippen molar-refractivity contribution in [3.63, 3.8) is 0 Å². The molecule has 0 saturated heterocycles. The standard InChI is InChI=1S/C14H15N3O3S/c18-13(19)8-17-7-10(6-15-17)16-14(20)12-5-9-3-1-2-4-11(9)21-12/h5-7H,1-4,8H2,(H,16,20)(H,18,19). The summed E-state index contributed by atoms with van der Waals surface area (Å²) in [5.41, 5.74) is 1.80. The summed E-state index contributed by atoms with van der Waals surface area (Å²) < 4.78 is 1.28. The molecule has 110 valence electrons. The maximum absolute atomic E-state index is 12.2. The molecule has 0 unspecified atom stereocenters. The molecule has 0 fully saturated rings. The molecule has 0 aromatic carbocycles. The van der Waals surface area contributed by atoms with Crippen molar-refractivity contribution in [2.24, 2.45) is 0 Å². The predicted molar refractivity (Wildman–Crippen MR) is 78.8 cm³/mol. The zero-order valence-corrected chi connectivity index (χ0v) is 12.2. The summed E-state index contributed by atoms with van der Waals surface area (Å²) in [6, 6.07) is 1.97. The van der Waals surface area contributed by atoms with E-state index in [1.807, 2.05) is 6.07 Å². The maximum Gasteiger partial charge on any atom is 0.325 e. The van der Waals surface area contributed by atoms with E-state index in [-0.39, 0.29) is 12.5 Å². The van der Waals surface area contributed by atoms with Gasteiger partial charge in [0.05, 0.1) is 16.8 Å². The van der Waals surface area contributed by atoms with Gasteiger partial charge >= 0.3 is 5.97 Å². The number of rotatable bonds is 4. The fourth-order valence-corrected chi connectivity index (χ4v) is 3.60. The molecule has 2 heterocycles. The van der Waals surface area contributed by atoms with Gasteiger partial charge in [0.25, 0.3) is 5.91 Å². The Bertz CT molecular complexity index is 666. The van der Waals surface area contributed by atoms with Crippen LogP contribution in [0.3, 0.4) is 0 Å². The lowest BCUT2D eigenvalue weighted by Gasteiger charge is -2.08. The first-order chi connectivity index (χ1) is 10.1. The minimum Gasteiger partial charge on any atom is -0.480 e. The van der Waals surface area contributed by atoms with E-state index in [1.54, 1.807) is 11.3 Å². The molecular weight excluding hydrogens is 290 g/mol. The van der Waals surface area contributed by atoms with Crippen molar-refractivity contribution in [2.45, 2.75) is 32.2 Å². The molecule has 3 rings (SSSR count). The largest absolute Gasteiger partial charge is 0.480 e. The van der Waals surface area contributed by atoms with E-state index < -0.39 is 5.97 Å². The van der Waals surface area contributed by atoms with Crippen molar-refractivity contribution in [1.82, 2.24) is 9.78 Å². The van der Waals surface area contributed by atoms with Crippen molar-refractivity contribution < 1.29 is 14.7 Å². The lowest BCUT2D eigenvalue weighted by Crippen LogP contribution is -2.10. The number of aromatic nitrogens is 2. The van der Waals surface area contributed by atoms with Crippen molar-refractivity contribution in [1.29, 1.82) is 0 Å². The second-order valence-electron chi connectivity index (χ2n) is 5.04. The molecule has 1 aliphatic carbocycles. The lowest BCUT2D eigenvalue weighted by molar-refractivity contribution is -0.137. The van der Waals surface area contributed by atoms with Gasteiger partial charge < -0.3 is 10.4 Å². The molecule has 0 radical (unpaired) electrons. The van der Waals surface area contributed by atoms with Gasteiger partial charge in [0.15, 0.2) is 0 Å². The van der Waals surface area contributed by atoms with Crippen LogP contribution in [0.5, 0.6) is 0 Å². The summed E-state index contributed by atoms with van der Waals surface area (Å²) in [6.07, 6.45) is 7.46. The van der Waals surface area contributed by atoms with Gasteiger partial charge in [-0.15, -0.1) is 11.3 Å². The number of carboxylic acids is 1. The highest BCUT2D eigenvalue weighted by molar-refractivity contribution is 7.14. The fraction of sp³-hybridized carbons (Fsp3) is 0.357. The number of hydrogen-bond donors (Lipinski definition) is 2. The lowest BCUT2D eigenvalue weighted by atomic mass is 9.99. The highest BCUT2D eigenvalue weighted by Crippen LogP contribution is 2.30. The summed E-state index contributed by atoms with van der Waals surface area (Å²) in [6.45, 7) is -0.219. The first-order valence-corrected chi connectivity index (χ1v) is 7.60. The smallest absolute Gasteiger partial charge is 0.325 e. The molecule has 0 bridgehead atoms. The highest BCUT2D eigenvalue weighted by atomic mass is 32.1. The van der Waals surface area contributed by atoms with Crippen LogP contribution < -0.4 is 5.32 Å². The molecule has 1 aliphatic rings. The average molecular weight is 305 g/mol. The quantitative estimate of drug-likeness (QED) is 0.906. The van der Waals surface area contributed by atoms with Crippen LogP contribution in [-0.4, -0.2) is 26.8 Å². The van der Waals surface area contributed by atoms with Gasteiger partial charge in [-0.05, 0) is 37.3 Å². The Morgan fingerprint density at radius 1 is 1.38 bits per heavy atom. The normalized spacial score (nSPS) is 13.7. The number of nitrogens with one attached hydrogen (secondary N) is 1. The van der Waals surface area contributed by atoms with Gasteiger partial charge in [0.1, 0.15) is 6.54 Å². The molecule has 2 N–H and O–H groups in total. The van der Waals surface area contributed by atoms with E-state index >= 15 is 0 Å². The van der Waals surface area contributed by atoms with Crippen molar-refractivity contribution in [2.75, 3.05) is 5.32 Å². The van der Waals surface area contributed by atoms with Crippen LogP contribution in [0.4, 0.5) is 5.69 Å². The van der Waals surface area contributed by atoms with Crippen LogP contribution in [0.2, 0.25) is 0 Å². The van der Waals surface area contributed by atoms with Gasteiger partial charge in [-0.1, -0.05) is 0 Å². The van der Waals surface area contributed by atoms with Gasteiger partial charge in [-0.25, -0.2) is 0 Å². The number of aliphatic carboxylic acids is 1. The van der Waals surface area contributed by atoms with E-state index in [9.17, 15) is 9.59 Å². The molecule has 1 amide bonds. The third-order valence-electron chi connectivity index (χ3n) is 3.41. The number of thiophene rings is 1. The Kier molecular flexibility index (Phi) is 3.74. The molecule has 0 atom stereocenters. The molecular formula is C14H15N3O3S. The second kappa shape index (κ2) is 5.69. The number of carbonyl (C=O) groups is 2. The SMILES string of the molecule is O=C(O)Cn1cc(NC(=O)c2cc3c(s2)CCCC3)cn1. The Morgan fingerprint density at radius 2 is 2.19 bits per heavy atom. The van der Waals surface area contributed by atoms with E-state index in [1.165, 1.54) is 40.4 Å². The van der Waals surface area contributed by atoms with Crippen LogP contribution in [0.25, 0.3) is 0 Å². The predicted octanol–water partition coefficient (Wildman–Crippen LogP) is 2.16. The molecule has 0 spiro atoms.